The highest BCUT2D eigenvalue weighted by Gasteiger charge is 2.24. The lowest BCUT2D eigenvalue weighted by Crippen LogP contribution is -2.35. The molecule has 7 nitrogen and oxygen atoms in total. The zero-order valence-corrected chi connectivity index (χ0v) is 18.4. The first-order valence-corrected chi connectivity index (χ1v) is 11.7. The van der Waals surface area contributed by atoms with Gasteiger partial charge in [0.1, 0.15) is 0 Å². The van der Waals surface area contributed by atoms with Gasteiger partial charge in [0.15, 0.2) is 5.82 Å². The topological polar surface area (TPSA) is 99.6 Å². The van der Waals surface area contributed by atoms with Crippen molar-refractivity contribution in [1.82, 2.24) is 4.98 Å². The summed E-state index contributed by atoms with van der Waals surface area (Å²) < 4.78 is 28.6. The molecule has 0 spiro atoms. The number of nitrogens with zero attached hydrogens (tertiary/aromatic N) is 2. The summed E-state index contributed by atoms with van der Waals surface area (Å²) in [5, 5.41) is 9.34. The van der Waals surface area contributed by atoms with Crippen molar-refractivity contribution in [2.24, 2.45) is 11.8 Å². The van der Waals surface area contributed by atoms with Crippen LogP contribution in [-0.2, 0) is 16.4 Å². The van der Waals surface area contributed by atoms with Crippen molar-refractivity contribution in [1.29, 1.82) is 0 Å². The van der Waals surface area contributed by atoms with E-state index in [0.29, 0.717) is 17.7 Å². The average Bonchev–Trinajstić information content (AvgIpc) is 2.67. The number of rotatable bonds is 7. The van der Waals surface area contributed by atoms with Crippen molar-refractivity contribution in [2.45, 2.75) is 44.9 Å². The van der Waals surface area contributed by atoms with E-state index in [-0.39, 0.29) is 16.1 Å². The van der Waals surface area contributed by atoms with Crippen molar-refractivity contribution < 1.29 is 18.3 Å². The summed E-state index contributed by atoms with van der Waals surface area (Å²) in [6.45, 7) is 7.86. The molecule has 1 aromatic carbocycles. The van der Waals surface area contributed by atoms with E-state index in [1.807, 2.05) is 17.0 Å². The molecular weight excluding hydrogens is 402 g/mol. The van der Waals surface area contributed by atoms with Gasteiger partial charge in [-0.2, -0.15) is 0 Å². The third-order valence-electron chi connectivity index (χ3n) is 5.19. The van der Waals surface area contributed by atoms with Crippen molar-refractivity contribution in [3.8, 4) is 0 Å². The maximum Gasteiger partial charge on any atom is 0.337 e. The first-order chi connectivity index (χ1) is 14.2. The maximum atomic E-state index is 13.0. The van der Waals surface area contributed by atoms with Crippen LogP contribution in [0.3, 0.4) is 0 Å². The lowest BCUT2D eigenvalue weighted by Gasteiger charge is -2.33. The molecule has 2 heterocycles. The number of hydrogen-bond donors (Lipinski definition) is 2. The number of hydrogen-bond acceptors (Lipinski definition) is 5. The fourth-order valence-corrected chi connectivity index (χ4v) is 4.82. The SMILES string of the molecule is CC(C)Cc1ccc(S(=O)(=O)Nc2cc(C(=O)O)cnc2N2CCC[C@@H](C)C2)cc1. The van der Waals surface area contributed by atoms with Crippen LogP contribution in [0.5, 0.6) is 0 Å². The first-order valence-electron chi connectivity index (χ1n) is 10.3. The number of carbonyl (C=O) groups is 1. The quantitative estimate of drug-likeness (QED) is 0.687. The van der Waals surface area contributed by atoms with E-state index in [9.17, 15) is 18.3 Å². The monoisotopic (exact) mass is 431 g/mol. The third-order valence-corrected chi connectivity index (χ3v) is 6.57. The van der Waals surface area contributed by atoms with E-state index < -0.39 is 16.0 Å². The molecule has 0 bridgehead atoms. The average molecular weight is 432 g/mol. The van der Waals surface area contributed by atoms with E-state index in [1.165, 1.54) is 12.3 Å². The van der Waals surface area contributed by atoms with Gasteiger partial charge in [-0.15, -0.1) is 0 Å². The third kappa shape index (κ3) is 5.30. The fourth-order valence-electron chi connectivity index (χ4n) is 3.76. The molecule has 1 atom stereocenters. The molecule has 2 N–H and O–H groups in total. The number of benzene rings is 1. The second-order valence-corrected chi connectivity index (χ2v) is 10.1. The molecular formula is C22H29N3O4S. The molecule has 1 fully saturated rings. The van der Waals surface area contributed by atoms with Gasteiger partial charge in [-0.25, -0.2) is 18.2 Å². The van der Waals surface area contributed by atoms with Crippen LogP contribution in [0.15, 0.2) is 41.4 Å². The normalized spacial score (nSPS) is 17.2. The summed E-state index contributed by atoms with van der Waals surface area (Å²) in [5.74, 6) is 0.244. The van der Waals surface area contributed by atoms with Gasteiger partial charge in [0.25, 0.3) is 10.0 Å². The number of aromatic carboxylic acids is 1. The molecule has 30 heavy (non-hydrogen) atoms. The summed E-state index contributed by atoms with van der Waals surface area (Å²) in [6, 6.07) is 8.13. The summed E-state index contributed by atoms with van der Waals surface area (Å²) in [6.07, 6.45) is 4.23. The van der Waals surface area contributed by atoms with Gasteiger partial charge in [0, 0.05) is 19.3 Å². The second kappa shape index (κ2) is 9.04. The number of carboxylic acids is 1. The lowest BCUT2D eigenvalue weighted by molar-refractivity contribution is 0.0696. The van der Waals surface area contributed by atoms with Gasteiger partial charge in [-0.05, 0) is 54.9 Å². The standard InChI is InChI=1S/C22H29N3O4S/c1-15(2)11-17-6-8-19(9-7-17)30(28,29)24-20-12-18(22(26)27)13-23-21(20)25-10-4-5-16(3)14-25/h6-9,12-13,15-16,24H,4-5,10-11,14H2,1-3H3,(H,26,27)/t16-/m1/s1. The van der Waals surface area contributed by atoms with Crippen LogP contribution >= 0.6 is 0 Å². The highest BCUT2D eigenvalue weighted by molar-refractivity contribution is 7.92. The summed E-state index contributed by atoms with van der Waals surface area (Å²) in [7, 11) is -3.89. The molecule has 2 aromatic rings. The minimum atomic E-state index is -3.89. The van der Waals surface area contributed by atoms with Gasteiger partial charge >= 0.3 is 5.97 Å². The van der Waals surface area contributed by atoms with Gasteiger partial charge in [0.05, 0.1) is 16.1 Å². The van der Waals surface area contributed by atoms with Crippen molar-refractivity contribution >= 4 is 27.5 Å². The molecule has 1 aromatic heterocycles. The Bertz CT molecular complexity index is 1000. The molecule has 0 aliphatic carbocycles. The summed E-state index contributed by atoms with van der Waals surface area (Å²) in [4.78, 5) is 17.9. The van der Waals surface area contributed by atoms with Crippen molar-refractivity contribution in [3.05, 3.63) is 47.7 Å². The van der Waals surface area contributed by atoms with Crippen LogP contribution in [0.4, 0.5) is 11.5 Å². The molecule has 1 aliphatic heterocycles. The van der Waals surface area contributed by atoms with Crippen LogP contribution in [0, 0.1) is 11.8 Å². The number of carboxylic acid groups (broad SMARTS) is 1. The molecule has 162 valence electrons. The second-order valence-electron chi connectivity index (χ2n) is 8.44. The van der Waals surface area contributed by atoms with Crippen LogP contribution in [0.25, 0.3) is 0 Å². The molecule has 0 radical (unpaired) electrons. The number of piperidine rings is 1. The zero-order valence-electron chi connectivity index (χ0n) is 17.6. The fraction of sp³-hybridized carbons (Fsp3) is 0.455. The van der Waals surface area contributed by atoms with E-state index in [2.05, 4.69) is 30.5 Å². The highest BCUT2D eigenvalue weighted by Crippen LogP contribution is 2.30. The molecule has 0 saturated carbocycles. The van der Waals surface area contributed by atoms with E-state index in [1.54, 1.807) is 12.1 Å². The molecule has 3 rings (SSSR count). The molecule has 0 amide bonds. The van der Waals surface area contributed by atoms with Crippen LogP contribution in [0.1, 0.15) is 49.5 Å². The maximum absolute atomic E-state index is 13.0. The minimum Gasteiger partial charge on any atom is -0.478 e. The first kappa shape index (κ1) is 22.1. The Labute approximate surface area is 178 Å². The van der Waals surface area contributed by atoms with Gasteiger partial charge in [0.2, 0.25) is 0 Å². The Hall–Kier alpha value is -2.61. The Morgan fingerprint density at radius 3 is 2.60 bits per heavy atom. The van der Waals surface area contributed by atoms with Gasteiger partial charge < -0.3 is 10.0 Å². The van der Waals surface area contributed by atoms with Gasteiger partial charge in [-0.1, -0.05) is 32.9 Å². The number of pyridine rings is 1. The zero-order chi connectivity index (χ0) is 21.9. The Morgan fingerprint density at radius 1 is 1.30 bits per heavy atom. The smallest absolute Gasteiger partial charge is 0.337 e. The van der Waals surface area contributed by atoms with Crippen LogP contribution in [-0.4, -0.2) is 37.6 Å². The van der Waals surface area contributed by atoms with E-state index in [4.69, 9.17) is 0 Å². The largest absolute Gasteiger partial charge is 0.478 e. The Morgan fingerprint density at radius 2 is 2.00 bits per heavy atom. The molecule has 1 saturated heterocycles. The number of sulfonamides is 1. The van der Waals surface area contributed by atoms with Gasteiger partial charge in [-0.3, -0.25) is 4.72 Å². The molecule has 0 unspecified atom stereocenters. The predicted octanol–water partition coefficient (Wildman–Crippen LogP) is 4.02. The summed E-state index contributed by atoms with van der Waals surface area (Å²) in [5.41, 5.74) is 1.20. The number of anilines is 2. The summed E-state index contributed by atoms with van der Waals surface area (Å²) >= 11 is 0. The number of aromatic nitrogens is 1. The molecule has 8 heteroatoms. The van der Waals surface area contributed by atoms with Crippen molar-refractivity contribution in [3.63, 3.8) is 0 Å². The minimum absolute atomic E-state index is 0.0613. The van der Waals surface area contributed by atoms with Crippen LogP contribution in [0.2, 0.25) is 0 Å². The van der Waals surface area contributed by atoms with E-state index in [0.717, 1.165) is 37.9 Å². The predicted molar refractivity (Wildman–Crippen MR) is 118 cm³/mol. The number of nitrogens with one attached hydrogen (secondary N) is 1. The lowest BCUT2D eigenvalue weighted by atomic mass is 10.0. The molecule has 1 aliphatic rings. The Kier molecular flexibility index (Phi) is 6.65. The van der Waals surface area contributed by atoms with Crippen molar-refractivity contribution in [2.75, 3.05) is 22.7 Å². The van der Waals surface area contributed by atoms with E-state index >= 15 is 0 Å². The van der Waals surface area contributed by atoms with Crippen LogP contribution < -0.4 is 9.62 Å². The highest BCUT2D eigenvalue weighted by atomic mass is 32.2. The Balaban J connectivity index is 1.93.